The second-order valence-electron chi connectivity index (χ2n) is 2.57. The Bertz CT molecular complexity index is 386. The van der Waals surface area contributed by atoms with Crippen molar-refractivity contribution in [1.82, 2.24) is 4.89 Å². The molecule has 0 radical (unpaired) electrons. The van der Waals surface area contributed by atoms with Crippen molar-refractivity contribution in [2.24, 2.45) is 0 Å². The molecule has 0 spiro atoms. The lowest BCUT2D eigenvalue weighted by Crippen LogP contribution is -2.28. The van der Waals surface area contributed by atoms with E-state index in [2.05, 4.69) is 6.58 Å². The Kier molecular flexibility index (Phi) is 3.67. The summed E-state index contributed by atoms with van der Waals surface area (Å²) in [6, 6.07) is 8.60. The van der Waals surface area contributed by atoms with Crippen LogP contribution in [-0.2, 0) is 10.0 Å². The SMILES string of the molecule is C=CCS(=O)(=O)NOc1ccccc1. The molecule has 0 saturated heterocycles. The van der Waals surface area contributed by atoms with E-state index in [4.69, 9.17) is 4.84 Å². The highest BCUT2D eigenvalue weighted by molar-refractivity contribution is 7.89. The lowest BCUT2D eigenvalue weighted by Gasteiger charge is -2.05. The Morgan fingerprint density at radius 3 is 2.57 bits per heavy atom. The first-order valence-electron chi connectivity index (χ1n) is 3.96. The van der Waals surface area contributed by atoms with Crippen molar-refractivity contribution in [3.05, 3.63) is 43.0 Å². The molecular formula is C9H11NO3S. The first-order valence-corrected chi connectivity index (χ1v) is 5.61. The molecule has 1 N–H and O–H groups in total. The minimum Gasteiger partial charge on any atom is -0.394 e. The fraction of sp³-hybridized carbons (Fsp3) is 0.111. The third-order valence-electron chi connectivity index (χ3n) is 1.37. The van der Waals surface area contributed by atoms with Gasteiger partial charge in [0.15, 0.2) is 0 Å². The average Bonchev–Trinajstić information content (AvgIpc) is 2.17. The van der Waals surface area contributed by atoms with Gasteiger partial charge in [0, 0.05) is 0 Å². The van der Waals surface area contributed by atoms with Gasteiger partial charge in [0.2, 0.25) is 10.0 Å². The molecule has 14 heavy (non-hydrogen) atoms. The highest BCUT2D eigenvalue weighted by Crippen LogP contribution is 2.06. The van der Waals surface area contributed by atoms with Crippen LogP contribution in [0.1, 0.15) is 0 Å². The van der Waals surface area contributed by atoms with Crippen LogP contribution >= 0.6 is 0 Å². The Morgan fingerprint density at radius 2 is 2.00 bits per heavy atom. The Hall–Kier alpha value is -1.33. The van der Waals surface area contributed by atoms with Crippen LogP contribution in [0.3, 0.4) is 0 Å². The van der Waals surface area contributed by atoms with E-state index >= 15 is 0 Å². The van der Waals surface area contributed by atoms with Gasteiger partial charge in [-0.25, -0.2) is 8.42 Å². The van der Waals surface area contributed by atoms with E-state index in [1.165, 1.54) is 6.08 Å². The number of hydrogen-bond donors (Lipinski definition) is 1. The maximum Gasteiger partial charge on any atom is 0.246 e. The summed E-state index contributed by atoms with van der Waals surface area (Å²) in [5, 5.41) is 0. The summed E-state index contributed by atoms with van der Waals surface area (Å²) in [5.74, 6) is 0.278. The standard InChI is InChI=1S/C9H11NO3S/c1-2-8-14(11,12)10-13-9-6-4-3-5-7-9/h2-7,10H,1,8H2. The first kappa shape index (κ1) is 10.7. The molecule has 0 heterocycles. The number of benzene rings is 1. The highest BCUT2D eigenvalue weighted by Gasteiger charge is 2.07. The molecule has 0 unspecified atom stereocenters. The van der Waals surface area contributed by atoms with Gasteiger partial charge >= 0.3 is 0 Å². The minimum atomic E-state index is -3.42. The molecule has 1 rings (SSSR count). The van der Waals surface area contributed by atoms with Crippen molar-refractivity contribution < 1.29 is 13.3 Å². The normalized spacial score (nSPS) is 10.9. The minimum absolute atomic E-state index is 0.167. The van der Waals surface area contributed by atoms with Crippen LogP contribution in [0.15, 0.2) is 43.0 Å². The molecule has 0 aliphatic carbocycles. The molecule has 0 aliphatic heterocycles. The summed E-state index contributed by atoms with van der Waals surface area (Å²) in [7, 11) is -3.42. The van der Waals surface area contributed by atoms with Crippen LogP contribution in [0.5, 0.6) is 5.75 Å². The molecular weight excluding hydrogens is 202 g/mol. The van der Waals surface area contributed by atoms with Gasteiger partial charge in [0.1, 0.15) is 5.75 Å². The number of para-hydroxylation sites is 1. The summed E-state index contributed by atoms with van der Waals surface area (Å²) in [6.07, 6.45) is 1.29. The van der Waals surface area contributed by atoms with E-state index < -0.39 is 10.0 Å². The van der Waals surface area contributed by atoms with Crippen molar-refractivity contribution in [3.8, 4) is 5.75 Å². The summed E-state index contributed by atoms with van der Waals surface area (Å²) in [4.78, 5) is 6.81. The van der Waals surface area contributed by atoms with Gasteiger partial charge in [-0.3, -0.25) is 0 Å². The van der Waals surface area contributed by atoms with Crippen LogP contribution in [0.2, 0.25) is 0 Å². The molecule has 0 saturated carbocycles. The lowest BCUT2D eigenvalue weighted by atomic mass is 10.3. The molecule has 4 nitrogen and oxygen atoms in total. The maximum atomic E-state index is 11.1. The van der Waals surface area contributed by atoms with Crippen molar-refractivity contribution in [1.29, 1.82) is 0 Å². The molecule has 0 aliphatic rings. The van der Waals surface area contributed by atoms with E-state index in [0.717, 1.165) is 0 Å². The predicted molar refractivity (Wildman–Crippen MR) is 54.2 cm³/mol. The Morgan fingerprint density at radius 1 is 1.36 bits per heavy atom. The second kappa shape index (κ2) is 4.78. The molecule has 0 atom stereocenters. The zero-order valence-corrected chi connectivity index (χ0v) is 8.33. The zero-order chi connectivity index (χ0) is 10.4. The fourth-order valence-electron chi connectivity index (χ4n) is 0.789. The van der Waals surface area contributed by atoms with Crippen LogP contribution < -0.4 is 9.72 Å². The third-order valence-corrected chi connectivity index (χ3v) is 2.38. The number of nitrogens with one attached hydrogen (secondary N) is 1. The van der Waals surface area contributed by atoms with Crippen molar-refractivity contribution in [2.75, 3.05) is 5.75 Å². The number of rotatable bonds is 5. The molecule has 5 heteroatoms. The fourth-order valence-corrected chi connectivity index (χ4v) is 1.39. The first-order chi connectivity index (χ1) is 6.64. The van der Waals surface area contributed by atoms with Gasteiger partial charge in [-0.15, -0.1) is 6.58 Å². The van der Waals surface area contributed by atoms with E-state index in [0.29, 0.717) is 5.75 Å². The second-order valence-corrected chi connectivity index (χ2v) is 4.30. The topological polar surface area (TPSA) is 55.4 Å². The highest BCUT2D eigenvalue weighted by atomic mass is 32.2. The molecule has 1 aromatic rings. The average molecular weight is 213 g/mol. The smallest absolute Gasteiger partial charge is 0.246 e. The lowest BCUT2D eigenvalue weighted by molar-refractivity contribution is 0.269. The van der Waals surface area contributed by atoms with Gasteiger partial charge in [-0.1, -0.05) is 24.3 Å². The predicted octanol–water partition coefficient (Wildman–Crippen LogP) is 1.09. The largest absolute Gasteiger partial charge is 0.394 e. The van der Waals surface area contributed by atoms with Crippen molar-refractivity contribution in [2.45, 2.75) is 0 Å². The van der Waals surface area contributed by atoms with E-state index in [9.17, 15) is 8.42 Å². The Labute approximate surface area is 83.2 Å². The molecule has 1 aromatic carbocycles. The summed E-state index contributed by atoms with van der Waals surface area (Å²) < 4.78 is 22.2. The molecule has 0 aromatic heterocycles. The summed E-state index contributed by atoms with van der Waals surface area (Å²) >= 11 is 0. The number of hydrogen-bond acceptors (Lipinski definition) is 3. The van der Waals surface area contributed by atoms with Crippen LogP contribution in [0.25, 0.3) is 0 Å². The van der Waals surface area contributed by atoms with Crippen LogP contribution in [0, 0.1) is 0 Å². The summed E-state index contributed by atoms with van der Waals surface area (Å²) in [5.41, 5.74) is 0. The molecule has 0 bridgehead atoms. The van der Waals surface area contributed by atoms with Gasteiger partial charge in [0.25, 0.3) is 0 Å². The molecule has 76 valence electrons. The summed E-state index contributed by atoms with van der Waals surface area (Å²) in [6.45, 7) is 3.33. The zero-order valence-electron chi connectivity index (χ0n) is 7.51. The van der Waals surface area contributed by atoms with Crippen LogP contribution in [-0.4, -0.2) is 14.2 Å². The van der Waals surface area contributed by atoms with Gasteiger partial charge in [0.05, 0.1) is 5.75 Å². The van der Waals surface area contributed by atoms with E-state index in [1.54, 1.807) is 24.3 Å². The van der Waals surface area contributed by atoms with Crippen LogP contribution in [0.4, 0.5) is 0 Å². The van der Waals surface area contributed by atoms with Gasteiger partial charge in [-0.2, -0.15) is 0 Å². The van der Waals surface area contributed by atoms with Gasteiger partial charge < -0.3 is 4.84 Å². The van der Waals surface area contributed by atoms with Gasteiger partial charge in [-0.05, 0) is 17.0 Å². The van der Waals surface area contributed by atoms with E-state index in [-0.39, 0.29) is 5.75 Å². The molecule has 0 amide bonds. The molecule has 0 fully saturated rings. The Balaban J connectivity index is 2.53. The quantitative estimate of drug-likeness (QED) is 0.588. The monoisotopic (exact) mass is 213 g/mol. The maximum absolute atomic E-state index is 11.1. The van der Waals surface area contributed by atoms with Crippen molar-refractivity contribution in [3.63, 3.8) is 0 Å². The number of sulfonamides is 1. The van der Waals surface area contributed by atoms with Crippen molar-refractivity contribution >= 4 is 10.0 Å². The van der Waals surface area contributed by atoms with E-state index in [1.807, 2.05) is 11.0 Å². The third kappa shape index (κ3) is 3.59.